The monoisotopic (exact) mass is 372 g/mol. The van der Waals surface area contributed by atoms with Crippen molar-refractivity contribution in [2.45, 2.75) is 11.8 Å². The number of aromatic nitrogens is 1. The summed E-state index contributed by atoms with van der Waals surface area (Å²) in [5, 5.41) is 3.58. The minimum absolute atomic E-state index is 0.0167. The quantitative estimate of drug-likeness (QED) is 0.740. The molecule has 2 aromatic heterocycles. The summed E-state index contributed by atoms with van der Waals surface area (Å²) >= 11 is 7.13. The fourth-order valence-corrected chi connectivity index (χ4v) is 4.87. The lowest BCUT2D eigenvalue weighted by molar-refractivity contribution is 0.433. The Hall–Kier alpha value is -1.90. The second kappa shape index (κ2) is 5.95. The smallest absolute Gasteiger partial charge is 0.263 e. The number of hydrogen-bond acceptors (Lipinski definition) is 5. The normalized spacial score (nSPS) is 11.6. The molecule has 0 aliphatic heterocycles. The van der Waals surface area contributed by atoms with Crippen LogP contribution in [0, 0.1) is 12.7 Å². The van der Waals surface area contributed by atoms with Crippen molar-refractivity contribution in [2.24, 2.45) is 0 Å². The molecule has 0 saturated heterocycles. The first-order valence-corrected chi connectivity index (χ1v) is 9.04. The van der Waals surface area contributed by atoms with E-state index in [1.807, 2.05) is 0 Å². The number of aryl methyl sites for hydroxylation is 1. The molecule has 0 aliphatic rings. The van der Waals surface area contributed by atoms with Gasteiger partial charge in [-0.15, -0.1) is 11.3 Å². The van der Waals surface area contributed by atoms with Gasteiger partial charge in [0.25, 0.3) is 10.0 Å². The molecule has 3 rings (SSSR count). The SMILES string of the molecule is Cc1sc(-c2ccno2)cc1S(=O)(=O)Nc1ccc(F)cc1Cl. The molecule has 0 aliphatic carbocycles. The predicted molar refractivity (Wildman–Crippen MR) is 86.8 cm³/mol. The molecular weight excluding hydrogens is 363 g/mol. The van der Waals surface area contributed by atoms with Gasteiger partial charge in [0.1, 0.15) is 10.7 Å². The number of rotatable bonds is 4. The average Bonchev–Trinajstić information content (AvgIpc) is 3.11. The van der Waals surface area contributed by atoms with Crippen LogP contribution in [0.2, 0.25) is 5.02 Å². The van der Waals surface area contributed by atoms with Crippen LogP contribution in [0.3, 0.4) is 0 Å². The van der Waals surface area contributed by atoms with E-state index in [9.17, 15) is 12.8 Å². The highest BCUT2D eigenvalue weighted by molar-refractivity contribution is 7.93. The number of halogens is 2. The molecule has 0 fully saturated rings. The summed E-state index contributed by atoms with van der Waals surface area (Å²) < 4.78 is 45.5. The van der Waals surface area contributed by atoms with E-state index in [1.165, 1.54) is 29.7 Å². The molecule has 9 heteroatoms. The van der Waals surface area contributed by atoms with Crippen molar-refractivity contribution >= 4 is 38.6 Å². The zero-order valence-electron chi connectivity index (χ0n) is 11.7. The van der Waals surface area contributed by atoms with Crippen molar-refractivity contribution in [3.05, 3.63) is 52.2 Å². The second-order valence-electron chi connectivity index (χ2n) is 4.64. The molecule has 0 saturated carbocycles. The van der Waals surface area contributed by atoms with Crippen molar-refractivity contribution in [2.75, 3.05) is 4.72 Å². The van der Waals surface area contributed by atoms with E-state index in [0.717, 1.165) is 12.1 Å². The molecule has 5 nitrogen and oxygen atoms in total. The number of hydrogen-bond donors (Lipinski definition) is 1. The average molecular weight is 373 g/mol. The van der Waals surface area contributed by atoms with E-state index in [-0.39, 0.29) is 15.6 Å². The fraction of sp³-hybridized carbons (Fsp3) is 0.0714. The van der Waals surface area contributed by atoms with Crippen LogP contribution in [-0.4, -0.2) is 13.6 Å². The summed E-state index contributed by atoms with van der Waals surface area (Å²) in [5.74, 6) is -0.0587. The first-order valence-electron chi connectivity index (χ1n) is 6.36. The van der Waals surface area contributed by atoms with Crippen LogP contribution >= 0.6 is 22.9 Å². The summed E-state index contributed by atoms with van der Waals surface area (Å²) in [6.45, 7) is 1.69. The van der Waals surface area contributed by atoms with Crippen LogP contribution in [-0.2, 0) is 10.0 Å². The van der Waals surface area contributed by atoms with Gasteiger partial charge in [0, 0.05) is 10.9 Å². The Morgan fingerprint density at radius 1 is 1.30 bits per heavy atom. The molecule has 0 unspecified atom stereocenters. The largest absolute Gasteiger partial charge is 0.355 e. The molecule has 0 spiro atoms. The first kappa shape index (κ1) is 16.0. The summed E-state index contributed by atoms with van der Waals surface area (Å²) in [7, 11) is -3.86. The van der Waals surface area contributed by atoms with E-state index >= 15 is 0 Å². The van der Waals surface area contributed by atoms with Gasteiger partial charge in [-0.3, -0.25) is 4.72 Å². The van der Waals surface area contributed by atoms with Gasteiger partial charge in [-0.1, -0.05) is 16.8 Å². The predicted octanol–water partition coefficient (Wildman–Crippen LogP) is 4.30. The molecule has 1 aromatic carbocycles. The third-order valence-corrected chi connectivity index (χ3v) is 6.02. The number of benzene rings is 1. The molecular formula is C14H10ClFN2O3S2. The lowest BCUT2D eigenvalue weighted by Gasteiger charge is -2.09. The van der Waals surface area contributed by atoms with Gasteiger partial charge in [0.15, 0.2) is 5.76 Å². The summed E-state index contributed by atoms with van der Waals surface area (Å²) in [5.41, 5.74) is 0.111. The van der Waals surface area contributed by atoms with E-state index in [2.05, 4.69) is 9.88 Å². The second-order valence-corrected chi connectivity index (χ2v) is 7.95. The minimum atomic E-state index is -3.86. The van der Waals surface area contributed by atoms with Crippen molar-refractivity contribution in [3.8, 4) is 10.6 Å². The highest BCUT2D eigenvalue weighted by Gasteiger charge is 2.22. The van der Waals surface area contributed by atoms with Crippen molar-refractivity contribution in [1.29, 1.82) is 0 Å². The Morgan fingerprint density at radius 2 is 2.09 bits per heavy atom. The van der Waals surface area contributed by atoms with Crippen LogP contribution in [0.1, 0.15) is 4.88 Å². The van der Waals surface area contributed by atoms with Crippen molar-refractivity contribution < 1.29 is 17.3 Å². The number of sulfonamides is 1. The molecule has 3 aromatic rings. The van der Waals surface area contributed by atoms with Gasteiger partial charge in [-0.25, -0.2) is 12.8 Å². The van der Waals surface area contributed by atoms with Gasteiger partial charge in [0.05, 0.1) is 21.8 Å². The molecule has 0 atom stereocenters. The van der Waals surface area contributed by atoms with Crippen LogP contribution in [0.25, 0.3) is 10.6 Å². The molecule has 120 valence electrons. The summed E-state index contributed by atoms with van der Waals surface area (Å²) in [6, 6.07) is 6.59. The Balaban J connectivity index is 1.97. The lowest BCUT2D eigenvalue weighted by atomic mass is 10.3. The fourth-order valence-electron chi connectivity index (χ4n) is 1.97. The molecule has 0 radical (unpaired) electrons. The molecule has 0 amide bonds. The van der Waals surface area contributed by atoms with Crippen LogP contribution in [0.15, 0.2) is 45.9 Å². The van der Waals surface area contributed by atoms with Crippen molar-refractivity contribution in [3.63, 3.8) is 0 Å². The Kier molecular flexibility index (Phi) is 4.13. The van der Waals surface area contributed by atoms with E-state index in [4.69, 9.17) is 16.1 Å². The Labute approximate surface area is 140 Å². The zero-order chi connectivity index (χ0) is 16.6. The highest BCUT2D eigenvalue weighted by atomic mass is 35.5. The number of thiophene rings is 1. The Bertz CT molecular complexity index is 953. The van der Waals surface area contributed by atoms with Gasteiger partial charge < -0.3 is 4.52 Å². The van der Waals surface area contributed by atoms with Gasteiger partial charge in [-0.2, -0.15) is 0 Å². The van der Waals surface area contributed by atoms with Crippen molar-refractivity contribution in [1.82, 2.24) is 5.16 Å². The van der Waals surface area contributed by atoms with E-state index in [0.29, 0.717) is 15.5 Å². The summed E-state index contributed by atoms with van der Waals surface area (Å²) in [4.78, 5) is 1.34. The maximum absolute atomic E-state index is 13.1. The van der Waals surface area contributed by atoms with Crippen LogP contribution in [0.5, 0.6) is 0 Å². The third kappa shape index (κ3) is 3.24. The number of nitrogens with one attached hydrogen (secondary N) is 1. The minimum Gasteiger partial charge on any atom is -0.355 e. The van der Waals surface area contributed by atoms with E-state index in [1.54, 1.807) is 13.0 Å². The molecule has 0 bridgehead atoms. The topological polar surface area (TPSA) is 72.2 Å². The Morgan fingerprint density at radius 3 is 2.74 bits per heavy atom. The third-order valence-electron chi connectivity index (χ3n) is 3.02. The van der Waals surface area contributed by atoms with Gasteiger partial charge in [0.2, 0.25) is 0 Å². The molecule has 1 N–H and O–H groups in total. The molecule has 2 heterocycles. The van der Waals surface area contributed by atoms with Crippen LogP contribution in [0.4, 0.5) is 10.1 Å². The summed E-state index contributed by atoms with van der Waals surface area (Å²) in [6.07, 6.45) is 1.48. The number of anilines is 1. The first-order chi connectivity index (χ1) is 10.9. The highest BCUT2D eigenvalue weighted by Crippen LogP contribution is 2.34. The van der Waals surface area contributed by atoms with E-state index < -0.39 is 15.8 Å². The lowest BCUT2D eigenvalue weighted by Crippen LogP contribution is -2.13. The standard InChI is InChI=1S/C14H10ClFN2O3S2/c1-8-14(7-13(22-8)12-4-5-17-21-12)23(19,20)18-11-3-2-9(16)6-10(11)15/h2-7,18H,1H3. The number of nitrogens with zero attached hydrogens (tertiary/aromatic N) is 1. The molecule has 23 heavy (non-hydrogen) atoms. The zero-order valence-corrected chi connectivity index (χ0v) is 14.1. The van der Waals surface area contributed by atoms with Gasteiger partial charge in [-0.05, 0) is 31.2 Å². The van der Waals surface area contributed by atoms with Crippen LogP contribution < -0.4 is 4.72 Å². The maximum Gasteiger partial charge on any atom is 0.263 e. The van der Waals surface area contributed by atoms with Gasteiger partial charge >= 0.3 is 0 Å². The maximum atomic E-state index is 13.1.